The van der Waals surface area contributed by atoms with Gasteiger partial charge in [0, 0.05) is 40.6 Å². The van der Waals surface area contributed by atoms with Crippen LogP contribution in [0.5, 0.6) is 0 Å². The zero-order valence-electron chi connectivity index (χ0n) is 12.1. The van der Waals surface area contributed by atoms with E-state index in [1.807, 2.05) is 10.9 Å². The number of aromatic nitrogens is 3. The minimum atomic E-state index is 0. The van der Waals surface area contributed by atoms with Gasteiger partial charge >= 0.3 is 0 Å². The molecule has 0 aliphatic rings. The summed E-state index contributed by atoms with van der Waals surface area (Å²) in [6.07, 6.45) is 4.14. The van der Waals surface area contributed by atoms with Crippen molar-refractivity contribution in [2.24, 2.45) is 0 Å². The maximum Gasteiger partial charge on any atom is 0.0839 e. The molecule has 0 spiro atoms. The van der Waals surface area contributed by atoms with E-state index in [1.54, 1.807) is 0 Å². The maximum absolute atomic E-state index is 4.18. The summed E-state index contributed by atoms with van der Waals surface area (Å²) in [4.78, 5) is 0. The summed E-state index contributed by atoms with van der Waals surface area (Å²) < 4.78 is 1.92. The fourth-order valence-electron chi connectivity index (χ4n) is 1.62. The first-order valence-electron chi connectivity index (χ1n) is 6.97. The molecule has 5 heteroatoms. The average Bonchev–Trinajstić information content (AvgIpc) is 2.76. The Morgan fingerprint density at radius 2 is 2.06 bits per heavy atom. The second kappa shape index (κ2) is 8.21. The van der Waals surface area contributed by atoms with E-state index in [2.05, 4.69) is 48.6 Å². The average molecular weight is 257 g/mol. The lowest BCUT2D eigenvalue weighted by atomic mass is 10.2. The van der Waals surface area contributed by atoms with E-state index >= 15 is 0 Å². The molecule has 0 amide bonds. The zero-order chi connectivity index (χ0) is 13.4. The molecular formula is C13H31N5. The van der Waals surface area contributed by atoms with Crippen LogP contribution in [0.3, 0.4) is 0 Å². The van der Waals surface area contributed by atoms with Crippen molar-refractivity contribution in [2.45, 2.75) is 59.2 Å². The molecule has 2 N–H and O–H groups in total. The molecule has 0 aliphatic carbocycles. The first-order chi connectivity index (χ1) is 8.61. The summed E-state index contributed by atoms with van der Waals surface area (Å²) in [5.74, 6) is 0. The Kier molecular flexibility index (Phi) is 6.90. The second-order valence-corrected chi connectivity index (χ2v) is 5.10. The van der Waals surface area contributed by atoms with E-state index in [0.29, 0.717) is 12.1 Å². The first-order valence-corrected chi connectivity index (χ1v) is 6.97. The van der Waals surface area contributed by atoms with Crippen LogP contribution in [0.4, 0.5) is 0 Å². The lowest BCUT2D eigenvalue weighted by Gasteiger charge is -2.10. The molecule has 0 aromatic carbocycles. The number of nitrogens with zero attached hydrogens (tertiary/aromatic N) is 3. The largest absolute Gasteiger partial charge is 0.314 e. The van der Waals surface area contributed by atoms with Gasteiger partial charge in [-0.2, -0.15) is 0 Å². The Morgan fingerprint density at radius 3 is 2.72 bits per heavy atom. The summed E-state index contributed by atoms with van der Waals surface area (Å²) in [5.41, 5.74) is 1.06. The molecule has 1 atom stereocenters. The van der Waals surface area contributed by atoms with Gasteiger partial charge in [-0.05, 0) is 13.3 Å². The van der Waals surface area contributed by atoms with Gasteiger partial charge in [-0.15, -0.1) is 5.10 Å². The number of hydrogen-bond donors (Lipinski definition) is 2. The Morgan fingerprint density at radius 1 is 1.28 bits per heavy atom. The van der Waals surface area contributed by atoms with Crippen LogP contribution in [0.15, 0.2) is 6.20 Å². The van der Waals surface area contributed by atoms with Crippen molar-refractivity contribution >= 4 is 0 Å². The van der Waals surface area contributed by atoms with E-state index in [4.69, 9.17) is 0 Å². The molecule has 108 valence electrons. The molecule has 1 aromatic heterocycles. The smallest absolute Gasteiger partial charge is 0.0839 e. The molecule has 1 aromatic rings. The molecular weight excluding hydrogens is 226 g/mol. The Hall–Kier alpha value is -0.940. The predicted octanol–water partition coefficient (Wildman–Crippen LogP) is 1.70. The highest BCUT2D eigenvalue weighted by Gasteiger charge is 2.02. The maximum atomic E-state index is 4.18. The normalized spacial score (nSPS) is 13.2. The molecule has 1 rings (SSSR count). The first kappa shape index (κ1) is 15.1. The molecule has 0 radical (unpaired) electrons. The molecule has 1 unspecified atom stereocenters. The van der Waals surface area contributed by atoms with Crippen molar-refractivity contribution < 1.29 is 2.85 Å². The van der Waals surface area contributed by atoms with Crippen LogP contribution in [0, 0.1) is 0 Å². The molecule has 0 bridgehead atoms. The third-order valence-corrected chi connectivity index (χ3v) is 2.97. The third kappa shape index (κ3) is 6.12. The standard InChI is InChI=1S/C13H27N5.2H2/c1-5-12(4)15-8-9-18-10-13(16-17-18)6-7-14-11(2)3;;/h10-12,14-15H,5-9H2,1-4H3;2*1H. The van der Waals surface area contributed by atoms with Gasteiger partial charge in [-0.1, -0.05) is 26.0 Å². The fraction of sp³-hybridized carbons (Fsp3) is 0.846. The Labute approximate surface area is 113 Å². The van der Waals surface area contributed by atoms with Gasteiger partial charge in [-0.3, -0.25) is 4.68 Å². The molecule has 0 aliphatic heterocycles. The highest BCUT2D eigenvalue weighted by molar-refractivity contribution is 4.93. The summed E-state index contributed by atoms with van der Waals surface area (Å²) in [6.45, 7) is 11.5. The molecule has 0 saturated heterocycles. The van der Waals surface area contributed by atoms with Gasteiger partial charge < -0.3 is 10.6 Å². The molecule has 1 heterocycles. The lowest BCUT2D eigenvalue weighted by Crippen LogP contribution is -2.28. The Bertz CT molecular complexity index is 330. The SMILES string of the molecule is CCC(C)NCCn1cc(CCNC(C)C)nn1.[HH].[HH]. The highest BCUT2D eigenvalue weighted by Crippen LogP contribution is 1.94. The van der Waals surface area contributed by atoms with E-state index < -0.39 is 0 Å². The van der Waals surface area contributed by atoms with Gasteiger partial charge in [-0.25, -0.2) is 0 Å². The Balaban J connectivity index is 0. The van der Waals surface area contributed by atoms with Gasteiger partial charge in [0.25, 0.3) is 0 Å². The van der Waals surface area contributed by atoms with E-state index in [0.717, 1.165) is 38.2 Å². The van der Waals surface area contributed by atoms with Crippen molar-refractivity contribution in [1.29, 1.82) is 0 Å². The van der Waals surface area contributed by atoms with Crippen molar-refractivity contribution in [3.63, 3.8) is 0 Å². The molecule has 0 fully saturated rings. The summed E-state index contributed by atoms with van der Waals surface area (Å²) in [5, 5.41) is 15.1. The number of hydrogen-bond acceptors (Lipinski definition) is 4. The van der Waals surface area contributed by atoms with Crippen molar-refractivity contribution in [1.82, 2.24) is 25.6 Å². The topological polar surface area (TPSA) is 54.8 Å². The fourth-order valence-corrected chi connectivity index (χ4v) is 1.62. The molecule has 18 heavy (non-hydrogen) atoms. The van der Waals surface area contributed by atoms with E-state index in [9.17, 15) is 0 Å². The predicted molar refractivity (Wildman–Crippen MR) is 78.8 cm³/mol. The van der Waals surface area contributed by atoms with Crippen LogP contribution in [0.25, 0.3) is 0 Å². The van der Waals surface area contributed by atoms with Gasteiger partial charge in [0.2, 0.25) is 0 Å². The summed E-state index contributed by atoms with van der Waals surface area (Å²) in [6, 6.07) is 1.10. The minimum Gasteiger partial charge on any atom is -0.314 e. The van der Waals surface area contributed by atoms with Crippen LogP contribution in [0.2, 0.25) is 0 Å². The van der Waals surface area contributed by atoms with Gasteiger partial charge in [0.1, 0.15) is 0 Å². The highest BCUT2D eigenvalue weighted by atomic mass is 15.4. The molecule has 5 nitrogen and oxygen atoms in total. The van der Waals surface area contributed by atoms with Crippen LogP contribution < -0.4 is 10.6 Å². The zero-order valence-corrected chi connectivity index (χ0v) is 12.1. The number of rotatable bonds is 9. The van der Waals surface area contributed by atoms with Crippen molar-refractivity contribution in [3.05, 3.63) is 11.9 Å². The van der Waals surface area contributed by atoms with Crippen LogP contribution in [-0.4, -0.2) is 40.2 Å². The van der Waals surface area contributed by atoms with Crippen LogP contribution in [-0.2, 0) is 13.0 Å². The van der Waals surface area contributed by atoms with Crippen LogP contribution in [0.1, 0.15) is 42.7 Å². The summed E-state index contributed by atoms with van der Waals surface area (Å²) >= 11 is 0. The van der Waals surface area contributed by atoms with Crippen molar-refractivity contribution in [3.8, 4) is 0 Å². The third-order valence-electron chi connectivity index (χ3n) is 2.97. The van der Waals surface area contributed by atoms with Gasteiger partial charge in [0.05, 0.1) is 12.2 Å². The van der Waals surface area contributed by atoms with E-state index in [-0.39, 0.29) is 2.85 Å². The van der Waals surface area contributed by atoms with Crippen molar-refractivity contribution in [2.75, 3.05) is 13.1 Å². The lowest BCUT2D eigenvalue weighted by molar-refractivity contribution is 0.481. The quantitative estimate of drug-likeness (QED) is 0.707. The van der Waals surface area contributed by atoms with Crippen LogP contribution >= 0.6 is 0 Å². The monoisotopic (exact) mass is 257 g/mol. The number of nitrogens with one attached hydrogen (secondary N) is 2. The van der Waals surface area contributed by atoms with Gasteiger partial charge in [0.15, 0.2) is 0 Å². The molecule has 0 saturated carbocycles. The second-order valence-electron chi connectivity index (χ2n) is 5.10. The summed E-state index contributed by atoms with van der Waals surface area (Å²) in [7, 11) is 0. The minimum absolute atomic E-state index is 0. The van der Waals surface area contributed by atoms with E-state index in [1.165, 1.54) is 0 Å².